The number of hydrogen-bond acceptors (Lipinski definition) is 7. The Hall–Kier alpha value is -3.01. The van der Waals surface area contributed by atoms with Gasteiger partial charge in [-0.05, 0) is 18.6 Å². The molecular formula is C15H18N6O4. The average molecular weight is 346 g/mol. The van der Waals surface area contributed by atoms with Gasteiger partial charge in [0.2, 0.25) is 11.7 Å². The van der Waals surface area contributed by atoms with Crippen molar-refractivity contribution >= 4 is 23.1 Å². The maximum atomic E-state index is 12.5. The number of primary amides is 1. The third kappa shape index (κ3) is 3.43. The first kappa shape index (κ1) is 16.8. The zero-order chi connectivity index (χ0) is 18.0. The van der Waals surface area contributed by atoms with Gasteiger partial charge in [0.05, 0.1) is 11.5 Å². The second-order valence-corrected chi connectivity index (χ2v) is 5.86. The first-order valence-electron chi connectivity index (χ1n) is 7.89. The van der Waals surface area contributed by atoms with Crippen LogP contribution in [0.5, 0.6) is 0 Å². The van der Waals surface area contributed by atoms with Crippen LogP contribution in [0.15, 0.2) is 29.2 Å². The summed E-state index contributed by atoms with van der Waals surface area (Å²) in [5.74, 6) is -0.344. The Labute approximate surface area is 142 Å². The first-order valence-corrected chi connectivity index (χ1v) is 7.89. The van der Waals surface area contributed by atoms with Gasteiger partial charge in [-0.15, -0.1) is 0 Å². The minimum absolute atomic E-state index is 0.0714. The monoisotopic (exact) mass is 346 g/mol. The number of hydrogen-bond donors (Lipinski definition) is 1. The van der Waals surface area contributed by atoms with Crippen LogP contribution in [0.1, 0.15) is 6.42 Å². The molecule has 3 rings (SSSR count). The molecule has 2 N–H and O–H groups in total. The fourth-order valence-electron chi connectivity index (χ4n) is 3.01. The van der Waals surface area contributed by atoms with Crippen molar-refractivity contribution in [2.45, 2.75) is 6.42 Å². The average Bonchev–Trinajstić information content (AvgIpc) is 2.79. The quantitative estimate of drug-likeness (QED) is 0.589. The smallest absolute Gasteiger partial charge is 0.369 e. The number of amides is 1. The number of aromatic nitrogens is 2. The van der Waals surface area contributed by atoms with Crippen molar-refractivity contribution in [3.05, 3.63) is 44.9 Å². The number of carbonyl (C=O) groups excluding carboxylic acids is 1. The van der Waals surface area contributed by atoms with Gasteiger partial charge in [-0.3, -0.25) is 29.0 Å². The van der Waals surface area contributed by atoms with Crippen molar-refractivity contribution in [2.75, 3.05) is 37.6 Å². The zero-order valence-corrected chi connectivity index (χ0v) is 13.5. The maximum Gasteiger partial charge on any atom is 0.376 e. The number of fused-ring (bicyclic) bond motifs is 1. The van der Waals surface area contributed by atoms with Gasteiger partial charge < -0.3 is 10.6 Å². The number of nitro groups is 1. The van der Waals surface area contributed by atoms with Gasteiger partial charge in [-0.2, -0.15) is 0 Å². The van der Waals surface area contributed by atoms with Crippen molar-refractivity contribution in [3.8, 4) is 0 Å². The van der Waals surface area contributed by atoms with Gasteiger partial charge in [0.25, 0.3) is 0 Å². The van der Waals surface area contributed by atoms with E-state index in [2.05, 4.69) is 4.98 Å². The molecule has 0 spiro atoms. The lowest BCUT2D eigenvalue weighted by Crippen LogP contribution is -2.37. The van der Waals surface area contributed by atoms with E-state index < -0.39 is 22.1 Å². The molecule has 132 valence electrons. The SMILES string of the molecule is NC(=O)CN1CCCN(c2nc3ccccn3c(=O)c2[N+](=O)[O-])CC1. The lowest BCUT2D eigenvalue weighted by atomic mass is 10.3. The van der Waals surface area contributed by atoms with Crippen molar-refractivity contribution in [1.29, 1.82) is 0 Å². The lowest BCUT2D eigenvalue weighted by molar-refractivity contribution is -0.385. The van der Waals surface area contributed by atoms with E-state index in [9.17, 15) is 19.7 Å². The summed E-state index contributed by atoms with van der Waals surface area (Å²) in [6.45, 7) is 2.23. The molecular weight excluding hydrogens is 328 g/mol. The number of nitrogens with two attached hydrogens (primary N) is 1. The molecule has 1 amide bonds. The van der Waals surface area contributed by atoms with Gasteiger partial charge in [0.15, 0.2) is 0 Å². The summed E-state index contributed by atoms with van der Waals surface area (Å²) >= 11 is 0. The molecule has 0 aliphatic carbocycles. The van der Waals surface area contributed by atoms with E-state index in [1.54, 1.807) is 23.1 Å². The van der Waals surface area contributed by atoms with Crippen LogP contribution in [0.2, 0.25) is 0 Å². The Kier molecular flexibility index (Phi) is 4.61. The largest absolute Gasteiger partial charge is 0.376 e. The lowest BCUT2D eigenvalue weighted by Gasteiger charge is -2.22. The third-order valence-electron chi connectivity index (χ3n) is 4.14. The highest BCUT2D eigenvalue weighted by Crippen LogP contribution is 2.24. The summed E-state index contributed by atoms with van der Waals surface area (Å²) in [5.41, 5.74) is 4.34. The maximum absolute atomic E-state index is 12.5. The van der Waals surface area contributed by atoms with Gasteiger partial charge >= 0.3 is 11.2 Å². The molecule has 2 aromatic rings. The number of anilines is 1. The van der Waals surface area contributed by atoms with Crippen LogP contribution >= 0.6 is 0 Å². The third-order valence-corrected chi connectivity index (χ3v) is 4.14. The molecule has 1 aliphatic heterocycles. The second kappa shape index (κ2) is 6.85. The standard InChI is InChI=1S/C15H18N6O4/c16-11(22)10-18-5-3-6-19(9-8-18)14-13(21(24)25)15(23)20-7-2-1-4-12(20)17-14/h1-2,4,7H,3,5-6,8-10H2,(H2,16,22). The summed E-state index contributed by atoms with van der Waals surface area (Å²) in [6.07, 6.45) is 2.14. The first-order chi connectivity index (χ1) is 12.0. The summed E-state index contributed by atoms with van der Waals surface area (Å²) in [4.78, 5) is 42.4. The van der Waals surface area contributed by atoms with E-state index in [4.69, 9.17) is 5.73 Å². The molecule has 10 nitrogen and oxygen atoms in total. The Morgan fingerprint density at radius 3 is 2.80 bits per heavy atom. The summed E-state index contributed by atoms with van der Waals surface area (Å²) in [5, 5.41) is 11.5. The Bertz CT molecular complexity index is 880. The molecule has 1 fully saturated rings. The van der Waals surface area contributed by atoms with Crippen molar-refractivity contribution in [2.24, 2.45) is 5.73 Å². The van der Waals surface area contributed by atoms with E-state index in [0.717, 1.165) is 0 Å². The molecule has 3 heterocycles. The molecule has 0 bridgehead atoms. The second-order valence-electron chi connectivity index (χ2n) is 5.86. The number of pyridine rings is 1. The molecule has 1 saturated heterocycles. The number of nitrogens with zero attached hydrogens (tertiary/aromatic N) is 5. The molecule has 2 aromatic heterocycles. The van der Waals surface area contributed by atoms with E-state index in [1.807, 2.05) is 4.90 Å². The molecule has 0 radical (unpaired) electrons. The van der Waals surface area contributed by atoms with Crippen molar-refractivity contribution in [3.63, 3.8) is 0 Å². The highest BCUT2D eigenvalue weighted by Gasteiger charge is 2.29. The highest BCUT2D eigenvalue weighted by molar-refractivity contribution is 5.75. The summed E-state index contributed by atoms with van der Waals surface area (Å²) in [6, 6.07) is 4.97. The minimum Gasteiger partial charge on any atom is -0.369 e. The van der Waals surface area contributed by atoms with Crippen LogP contribution in [0.25, 0.3) is 5.65 Å². The fourth-order valence-corrected chi connectivity index (χ4v) is 3.01. The van der Waals surface area contributed by atoms with Gasteiger partial charge in [-0.25, -0.2) is 4.98 Å². The van der Waals surface area contributed by atoms with Gasteiger partial charge in [-0.1, -0.05) is 6.07 Å². The van der Waals surface area contributed by atoms with E-state index in [0.29, 0.717) is 38.2 Å². The van der Waals surface area contributed by atoms with Crippen LogP contribution in [0.3, 0.4) is 0 Å². The molecule has 0 unspecified atom stereocenters. The molecule has 0 atom stereocenters. The van der Waals surface area contributed by atoms with Crippen LogP contribution in [0, 0.1) is 10.1 Å². The Morgan fingerprint density at radius 2 is 2.08 bits per heavy atom. The molecule has 1 aliphatic rings. The van der Waals surface area contributed by atoms with E-state index in [1.165, 1.54) is 10.6 Å². The molecule has 0 aromatic carbocycles. The zero-order valence-electron chi connectivity index (χ0n) is 13.5. The van der Waals surface area contributed by atoms with Crippen molar-refractivity contribution < 1.29 is 9.72 Å². The predicted octanol–water partition coefficient (Wildman–Crippen LogP) is -0.400. The Morgan fingerprint density at radius 1 is 1.28 bits per heavy atom. The minimum atomic E-state index is -0.705. The van der Waals surface area contributed by atoms with Crippen LogP contribution in [0.4, 0.5) is 11.5 Å². The normalized spacial score (nSPS) is 15.9. The van der Waals surface area contributed by atoms with Crippen molar-refractivity contribution in [1.82, 2.24) is 14.3 Å². The van der Waals surface area contributed by atoms with Gasteiger partial charge in [0, 0.05) is 32.4 Å². The van der Waals surface area contributed by atoms with Crippen LogP contribution in [-0.4, -0.2) is 57.8 Å². The van der Waals surface area contributed by atoms with Gasteiger partial charge in [0.1, 0.15) is 5.65 Å². The number of carbonyl (C=O) groups is 1. The predicted molar refractivity (Wildman–Crippen MR) is 90.6 cm³/mol. The fraction of sp³-hybridized carbons (Fsp3) is 0.400. The highest BCUT2D eigenvalue weighted by atomic mass is 16.6. The summed E-state index contributed by atoms with van der Waals surface area (Å²) < 4.78 is 1.17. The molecule has 10 heteroatoms. The Balaban J connectivity index is 2.00. The van der Waals surface area contributed by atoms with Crippen LogP contribution < -0.4 is 16.2 Å². The topological polar surface area (TPSA) is 127 Å². The molecule has 0 saturated carbocycles. The summed E-state index contributed by atoms with van der Waals surface area (Å²) in [7, 11) is 0. The number of rotatable bonds is 4. The van der Waals surface area contributed by atoms with E-state index >= 15 is 0 Å². The molecule has 25 heavy (non-hydrogen) atoms. The van der Waals surface area contributed by atoms with E-state index in [-0.39, 0.29) is 12.4 Å². The van der Waals surface area contributed by atoms with Crippen LogP contribution in [-0.2, 0) is 4.79 Å².